The van der Waals surface area contributed by atoms with Crippen molar-refractivity contribution in [1.82, 2.24) is 9.97 Å². The third-order valence-electron chi connectivity index (χ3n) is 3.76. The van der Waals surface area contributed by atoms with Crippen molar-refractivity contribution < 1.29 is 14.2 Å². The minimum absolute atomic E-state index is 0.0890. The molecule has 0 unspecified atom stereocenters. The van der Waals surface area contributed by atoms with E-state index in [0.29, 0.717) is 37.4 Å². The molecule has 0 spiro atoms. The van der Waals surface area contributed by atoms with E-state index in [2.05, 4.69) is 9.97 Å². The molecule has 7 heteroatoms. The van der Waals surface area contributed by atoms with Gasteiger partial charge in [-0.1, -0.05) is 0 Å². The molecule has 1 aromatic carbocycles. The fourth-order valence-electron chi connectivity index (χ4n) is 2.61. The second-order valence-corrected chi connectivity index (χ2v) is 6.22. The highest BCUT2D eigenvalue weighted by Crippen LogP contribution is 2.37. The Balaban J connectivity index is 1.94. The van der Waals surface area contributed by atoms with Crippen molar-refractivity contribution >= 4 is 31.8 Å². The number of pyridine rings is 2. The van der Waals surface area contributed by atoms with Gasteiger partial charge in [0.25, 0.3) is 5.56 Å². The zero-order valence-corrected chi connectivity index (χ0v) is 13.3. The van der Waals surface area contributed by atoms with Crippen molar-refractivity contribution in [2.45, 2.75) is 0 Å². The molecule has 0 atom stereocenters. The Morgan fingerprint density at radius 3 is 2.83 bits per heavy atom. The number of aromatic nitrogens is 2. The van der Waals surface area contributed by atoms with Crippen molar-refractivity contribution in [2.75, 3.05) is 7.11 Å². The Kier molecular flexibility index (Phi) is 3.24. The third kappa shape index (κ3) is 2.21. The summed E-state index contributed by atoms with van der Waals surface area (Å²) in [5, 5.41) is 10.6. The molecule has 24 heavy (non-hydrogen) atoms. The number of nitrogens with one attached hydrogen (secondary N) is 1. The van der Waals surface area contributed by atoms with Crippen LogP contribution in [0.1, 0.15) is 0 Å². The van der Waals surface area contributed by atoms with Crippen LogP contribution in [0.15, 0.2) is 41.2 Å². The van der Waals surface area contributed by atoms with Gasteiger partial charge in [0, 0.05) is 23.1 Å². The Morgan fingerprint density at radius 2 is 2.08 bits per heavy atom. The summed E-state index contributed by atoms with van der Waals surface area (Å²) in [4.78, 5) is 19.3. The summed E-state index contributed by atoms with van der Waals surface area (Å²) < 4.78 is 19.8. The molecule has 5 nitrogen and oxygen atoms in total. The first-order valence-electron chi connectivity index (χ1n) is 7.06. The zero-order chi connectivity index (χ0) is 16.8. The topological polar surface area (TPSA) is 75.2 Å². The highest BCUT2D eigenvalue weighted by molar-refractivity contribution is 7.25. The molecule has 4 aromatic rings. The van der Waals surface area contributed by atoms with Crippen LogP contribution in [0.2, 0.25) is 0 Å². The lowest BCUT2D eigenvalue weighted by atomic mass is 10.1. The zero-order valence-electron chi connectivity index (χ0n) is 12.5. The molecule has 4 rings (SSSR count). The van der Waals surface area contributed by atoms with Gasteiger partial charge in [0.15, 0.2) is 0 Å². The minimum atomic E-state index is -0.432. The van der Waals surface area contributed by atoms with Gasteiger partial charge in [-0.05, 0) is 24.3 Å². The largest absolute Gasteiger partial charge is 0.506 e. The van der Waals surface area contributed by atoms with Crippen molar-refractivity contribution in [1.29, 1.82) is 0 Å². The second kappa shape index (κ2) is 5.31. The monoisotopic (exact) mass is 342 g/mol. The van der Waals surface area contributed by atoms with E-state index in [-0.39, 0.29) is 11.3 Å². The van der Waals surface area contributed by atoms with Crippen LogP contribution >= 0.6 is 11.3 Å². The number of fused-ring (bicyclic) bond motifs is 3. The number of ether oxygens (including phenoxy) is 1. The van der Waals surface area contributed by atoms with Gasteiger partial charge >= 0.3 is 0 Å². The number of aromatic hydroxyl groups is 1. The van der Waals surface area contributed by atoms with Gasteiger partial charge in [-0.15, -0.1) is 11.3 Å². The summed E-state index contributed by atoms with van der Waals surface area (Å²) >= 11 is 1.24. The van der Waals surface area contributed by atoms with Gasteiger partial charge in [0.05, 0.1) is 23.0 Å². The molecule has 0 aliphatic carbocycles. The van der Waals surface area contributed by atoms with Crippen molar-refractivity contribution in [2.24, 2.45) is 0 Å². The Bertz CT molecular complexity index is 1150. The van der Waals surface area contributed by atoms with Crippen LogP contribution in [0.3, 0.4) is 0 Å². The number of H-pyrrole nitrogens is 1. The van der Waals surface area contributed by atoms with Gasteiger partial charge in [-0.2, -0.15) is 0 Å². The van der Waals surface area contributed by atoms with Crippen molar-refractivity contribution in [3.8, 4) is 22.8 Å². The fourth-order valence-corrected chi connectivity index (χ4v) is 3.66. The first-order valence-corrected chi connectivity index (χ1v) is 7.88. The number of rotatable bonds is 2. The van der Waals surface area contributed by atoms with E-state index in [1.807, 2.05) is 0 Å². The maximum atomic E-state index is 14.2. The average Bonchev–Trinajstić information content (AvgIpc) is 2.93. The third-order valence-corrected chi connectivity index (χ3v) is 4.88. The molecule has 120 valence electrons. The fraction of sp³-hybridized carbons (Fsp3) is 0.0588. The molecular formula is C17H11FN2O3S. The first-order chi connectivity index (χ1) is 11.6. The normalized spacial score (nSPS) is 11.2. The Morgan fingerprint density at radius 1 is 1.25 bits per heavy atom. The van der Waals surface area contributed by atoms with Gasteiger partial charge in [0.2, 0.25) is 0 Å². The summed E-state index contributed by atoms with van der Waals surface area (Å²) in [5.74, 6) is -0.0887. The van der Waals surface area contributed by atoms with Gasteiger partial charge < -0.3 is 14.8 Å². The molecule has 0 bridgehead atoms. The Labute approximate surface area is 139 Å². The summed E-state index contributed by atoms with van der Waals surface area (Å²) in [5.41, 5.74) is 0.975. The lowest BCUT2D eigenvalue weighted by molar-refractivity contribution is 0.411. The summed E-state index contributed by atoms with van der Waals surface area (Å²) in [6.07, 6.45) is 0. The predicted molar refractivity (Wildman–Crippen MR) is 91.4 cm³/mol. The average molecular weight is 342 g/mol. The molecule has 3 heterocycles. The molecule has 0 fully saturated rings. The SMILES string of the molecule is COc1ccc(-c2ccc3c(n2)sc2c(O)cc(=O)[nH]c23)c(F)c1. The van der Waals surface area contributed by atoms with E-state index in [0.717, 1.165) is 6.07 Å². The number of benzene rings is 1. The number of methoxy groups -OCH3 is 1. The maximum absolute atomic E-state index is 14.2. The molecule has 0 amide bonds. The van der Waals surface area contributed by atoms with Crippen LogP contribution < -0.4 is 10.3 Å². The van der Waals surface area contributed by atoms with E-state index in [1.165, 1.54) is 24.5 Å². The molecule has 0 saturated carbocycles. The Hall–Kier alpha value is -2.93. The van der Waals surface area contributed by atoms with Gasteiger partial charge in [0.1, 0.15) is 22.1 Å². The number of halogens is 1. The maximum Gasteiger partial charge on any atom is 0.252 e. The highest BCUT2D eigenvalue weighted by atomic mass is 32.1. The van der Waals surface area contributed by atoms with Crippen molar-refractivity contribution in [3.05, 3.63) is 52.6 Å². The number of thiophene rings is 1. The highest BCUT2D eigenvalue weighted by Gasteiger charge is 2.14. The van der Waals surface area contributed by atoms with Crippen molar-refractivity contribution in [3.63, 3.8) is 0 Å². The molecule has 0 aliphatic rings. The van der Waals surface area contributed by atoms with Crippen LogP contribution in [0.5, 0.6) is 11.5 Å². The van der Waals surface area contributed by atoms with E-state index in [4.69, 9.17) is 4.74 Å². The molecule has 3 aromatic heterocycles. The summed E-state index contributed by atoms with van der Waals surface area (Å²) in [6, 6.07) is 9.14. The van der Waals surface area contributed by atoms with E-state index in [1.54, 1.807) is 24.3 Å². The summed E-state index contributed by atoms with van der Waals surface area (Å²) in [7, 11) is 1.48. The number of hydrogen-bond donors (Lipinski definition) is 2. The number of hydrogen-bond acceptors (Lipinski definition) is 5. The van der Waals surface area contributed by atoms with Crippen LogP contribution in [-0.4, -0.2) is 22.2 Å². The molecule has 2 N–H and O–H groups in total. The molecule has 0 saturated heterocycles. The number of nitrogens with zero attached hydrogens (tertiary/aromatic N) is 1. The van der Waals surface area contributed by atoms with E-state index < -0.39 is 5.82 Å². The van der Waals surface area contributed by atoms with E-state index >= 15 is 0 Å². The lowest BCUT2D eigenvalue weighted by Crippen LogP contribution is -2.01. The standard InChI is InChI=1S/C17H11FN2O3S/c1-23-8-2-3-9(11(18)6-8)12-5-4-10-15-16(24-17(10)19-12)13(21)7-14(22)20-15/h2-7H,1H3,(H2,20,21,22). The van der Waals surface area contributed by atoms with Crippen LogP contribution in [0, 0.1) is 5.82 Å². The van der Waals surface area contributed by atoms with Gasteiger partial charge in [-0.25, -0.2) is 9.37 Å². The van der Waals surface area contributed by atoms with Crippen LogP contribution in [0.4, 0.5) is 4.39 Å². The lowest BCUT2D eigenvalue weighted by Gasteiger charge is -2.05. The second-order valence-electron chi connectivity index (χ2n) is 5.22. The first kappa shape index (κ1) is 14.6. The van der Waals surface area contributed by atoms with Crippen LogP contribution in [-0.2, 0) is 0 Å². The summed E-state index contributed by atoms with van der Waals surface area (Å²) in [6.45, 7) is 0. The van der Waals surface area contributed by atoms with E-state index in [9.17, 15) is 14.3 Å². The van der Waals surface area contributed by atoms with Crippen LogP contribution in [0.25, 0.3) is 31.7 Å². The number of aromatic amines is 1. The van der Waals surface area contributed by atoms with Gasteiger partial charge in [-0.3, -0.25) is 4.79 Å². The smallest absolute Gasteiger partial charge is 0.252 e. The predicted octanol–water partition coefficient (Wildman–Crippen LogP) is 3.66. The molecule has 0 radical (unpaired) electrons. The molecule has 0 aliphatic heterocycles. The minimum Gasteiger partial charge on any atom is -0.506 e. The molecular weight excluding hydrogens is 331 g/mol. The quantitative estimate of drug-likeness (QED) is 0.583.